The first kappa shape index (κ1) is 10.7. The molecular weight excluding hydrogens is 220 g/mol. The third-order valence-electron chi connectivity index (χ3n) is 5.14. The molecule has 0 saturated heterocycles. The van der Waals surface area contributed by atoms with Crippen molar-refractivity contribution in [3.8, 4) is 0 Å². The topological polar surface area (TPSA) is 24.7 Å². The van der Waals surface area contributed by atoms with Gasteiger partial charge in [-0.05, 0) is 68.4 Å². The fraction of sp³-hybridized carbons (Fsp3) is 0.625. The average molecular weight is 240 g/mol. The van der Waals surface area contributed by atoms with Crippen LogP contribution in [0, 0.1) is 17.8 Å². The van der Waals surface area contributed by atoms with Crippen molar-refractivity contribution in [3.63, 3.8) is 0 Å². The molecular formula is C16H20N2. The molecule has 0 radical (unpaired) electrons. The Hall–Kier alpha value is -1.18. The van der Waals surface area contributed by atoms with Gasteiger partial charge in [-0.15, -0.1) is 0 Å². The van der Waals surface area contributed by atoms with Gasteiger partial charge < -0.3 is 0 Å². The second kappa shape index (κ2) is 3.91. The minimum Gasteiger partial charge on any atom is -0.182 e. The van der Waals surface area contributed by atoms with E-state index in [0.717, 1.165) is 23.4 Å². The lowest BCUT2D eigenvalue weighted by Crippen LogP contribution is -2.49. The molecule has 18 heavy (non-hydrogen) atoms. The van der Waals surface area contributed by atoms with E-state index in [4.69, 9.17) is 5.11 Å². The van der Waals surface area contributed by atoms with Crippen LogP contribution in [0.25, 0.3) is 0 Å². The van der Waals surface area contributed by atoms with Gasteiger partial charge in [0.15, 0.2) is 0 Å². The fourth-order valence-electron chi connectivity index (χ4n) is 4.85. The van der Waals surface area contributed by atoms with Crippen molar-refractivity contribution < 1.29 is 0 Å². The summed E-state index contributed by atoms with van der Waals surface area (Å²) in [5.74, 6) is 2.85. The molecule has 0 heterocycles. The van der Waals surface area contributed by atoms with Crippen molar-refractivity contribution in [1.82, 2.24) is 0 Å². The zero-order valence-electron chi connectivity index (χ0n) is 10.8. The Morgan fingerprint density at radius 3 is 1.94 bits per heavy atom. The SMILES string of the molecule is c1ccc(N=NC23CC4CC(CC(C4)C2)C3)cc1. The Labute approximate surface area is 109 Å². The molecule has 1 aromatic carbocycles. The summed E-state index contributed by atoms with van der Waals surface area (Å²) in [7, 11) is 0. The highest BCUT2D eigenvalue weighted by atomic mass is 15.2. The first-order valence-electron chi connectivity index (χ1n) is 7.29. The van der Waals surface area contributed by atoms with Gasteiger partial charge >= 0.3 is 0 Å². The van der Waals surface area contributed by atoms with Crippen molar-refractivity contribution in [3.05, 3.63) is 30.3 Å². The predicted molar refractivity (Wildman–Crippen MR) is 71.9 cm³/mol. The molecule has 0 aliphatic heterocycles. The van der Waals surface area contributed by atoms with E-state index in [0.29, 0.717) is 0 Å². The summed E-state index contributed by atoms with van der Waals surface area (Å²) in [6.45, 7) is 0. The third-order valence-corrected chi connectivity index (χ3v) is 5.14. The van der Waals surface area contributed by atoms with Gasteiger partial charge in [-0.3, -0.25) is 0 Å². The molecule has 0 unspecified atom stereocenters. The maximum Gasteiger partial charge on any atom is 0.0852 e. The molecule has 0 spiro atoms. The molecule has 5 rings (SSSR count). The first-order valence-corrected chi connectivity index (χ1v) is 7.29. The molecule has 4 aliphatic rings. The van der Waals surface area contributed by atoms with Crippen molar-refractivity contribution in [2.45, 2.75) is 44.1 Å². The fourth-order valence-corrected chi connectivity index (χ4v) is 4.85. The van der Waals surface area contributed by atoms with Gasteiger partial charge in [0.2, 0.25) is 0 Å². The van der Waals surface area contributed by atoms with Crippen LogP contribution < -0.4 is 0 Å². The number of nitrogens with zero attached hydrogens (tertiary/aromatic N) is 2. The van der Waals surface area contributed by atoms with Crippen molar-refractivity contribution in [2.24, 2.45) is 28.0 Å². The smallest absolute Gasteiger partial charge is 0.0852 e. The van der Waals surface area contributed by atoms with Crippen molar-refractivity contribution in [1.29, 1.82) is 0 Å². The Morgan fingerprint density at radius 1 is 0.833 bits per heavy atom. The van der Waals surface area contributed by atoms with E-state index in [1.165, 1.54) is 38.5 Å². The monoisotopic (exact) mass is 240 g/mol. The van der Waals surface area contributed by atoms with Gasteiger partial charge in [-0.25, -0.2) is 0 Å². The Morgan fingerprint density at radius 2 is 1.39 bits per heavy atom. The number of azo groups is 1. The Kier molecular flexibility index (Phi) is 2.33. The van der Waals surface area contributed by atoms with Crippen LogP contribution in [0.2, 0.25) is 0 Å². The highest BCUT2D eigenvalue weighted by Gasteiger charge is 2.51. The van der Waals surface area contributed by atoms with E-state index in [1.807, 2.05) is 30.3 Å². The zero-order chi connectivity index (χ0) is 12.0. The molecule has 0 aromatic heterocycles. The van der Waals surface area contributed by atoms with Crippen LogP contribution in [0.5, 0.6) is 0 Å². The van der Waals surface area contributed by atoms with E-state index in [9.17, 15) is 0 Å². The van der Waals surface area contributed by atoms with Gasteiger partial charge in [0.05, 0.1) is 11.2 Å². The van der Waals surface area contributed by atoms with Gasteiger partial charge in [0.1, 0.15) is 0 Å². The molecule has 4 saturated carbocycles. The van der Waals surface area contributed by atoms with Crippen LogP contribution in [-0.2, 0) is 0 Å². The molecule has 4 fully saturated rings. The van der Waals surface area contributed by atoms with E-state index >= 15 is 0 Å². The number of rotatable bonds is 2. The van der Waals surface area contributed by atoms with E-state index < -0.39 is 0 Å². The summed E-state index contributed by atoms with van der Waals surface area (Å²) in [4.78, 5) is 0. The summed E-state index contributed by atoms with van der Waals surface area (Å²) in [6, 6.07) is 10.2. The van der Waals surface area contributed by atoms with Crippen LogP contribution in [-0.4, -0.2) is 5.54 Å². The normalized spacial score (nSPS) is 41.7. The molecule has 0 N–H and O–H groups in total. The quantitative estimate of drug-likeness (QED) is 0.667. The summed E-state index contributed by atoms with van der Waals surface area (Å²) in [5, 5.41) is 9.33. The van der Waals surface area contributed by atoms with Crippen molar-refractivity contribution in [2.75, 3.05) is 0 Å². The molecule has 0 atom stereocenters. The summed E-state index contributed by atoms with van der Waals surface area (Å²) in [6.07, 6.45) is 8.32. The number of hydrogen-bond acceptors (Lipinski definition) is 2. The highest BCUT2D eigenvalue weighted by molar-refractivity contribution is 5.34. The molecule has 94 valence electrons. The molecule has 2 heteroatoms. The maximum atomic E-state index is 4.81. The molecule has 4 bridgehead atoms. The lowest BCUT2D eigenvalue weighted by molar-refractivity contribution is -0.00155. The largest absolute Gasteiger partial charge is 0.182 e. The van der Waals surface area contributed by atoms with Crippen LogP contribution in [0.3, 0.4) is 0 Å². The molecule has 0 amide bonds. The highest BCUT2D eigenvalue weighted by Crippen LogP contribution is 2.57. The molecule has 1 aromatic rings. The van der Waals surface area contributed by atoms with Crippen LogP contribution in [0.4, 0.5) is 5.69 Å². The number of hydrogen-bond donors (Lipinski definition) is 0. The van der Waals surface area contributed by atoms with Crippen LogP contribution in [0.1, 0.15) is 38.5 Å². The van der Waals surface area contributed by atoms with Gasteiger partial charge in [-0.1, -0.05) is 18.2 Å². The minimum absolute atomic E-state index is 0.213. The third kappa shape index (κ3) is 1.79. The van der Waals surface area contributed by atoms with Gasteiger partial charge in [-0.2, -0.15) is 10.2 Å². The molecule has 4 aliphatic carbocycles. The van der Waals surface area contributed by atoms with E-state index in [-0.39, 0.29) is 5.54 Å². The van der Waals surface area contributed by atoms with Gasteiger partial charge in [0, 0.05) is 0 Å². The summed E-state index contributed by atoms with van der Waals surface area (Å²) < 4.78 is 0. The lowest BCUT2D eigenvalue weighted by atomic mass is 9.53. The van der Waals surface area contributed by atoms with Crippen molar-refractivity contribution >= 4 is 5.69 Å². The van der Waals surface area contributed by atoms with Gasteiger partial charge in [0.25, 0.3) is 0 Å². The second-order valence-electron chi connectivity index (χ2n) is 6.68. The average Bonchev–Trinajstić information content (AvgIpc) is 2.36. The lowest BCUT2D eigenvalue weighted by Gasteiger charge is -2.54. The number of benzene rings is 1. The summed E-state index contributed by atoms with van der Waals surface area (Å²) in [5.41, 5.74) is 1.22. The zero-order valence-corrected chi connectivity index (χ0v) is 10.8. The molecule has 2 nitrogen and oxygen atoms in total. The minimum atomic E-state index is 0.213. The van der Waals surface area contributed by atoms with Crippen LogP contribution in [0.15, 0.2) is 40.6 Å². The first-order chi connectivity index (χ1) is 8.81. The standard InChI is InChI=1S/C16H20N2/c1-2-4-15(5-3-1)17-18-16-9-12-6-13(10-16)8-14(7-12)11-16/h1-5,12-14H,6-11H2. The Balaban J connectivity index is 1.59. The maximum absolute atomic E-state index is 4.81. The van der Waals surface area contributed by atoms with Crippen LogP contribution >= 0.6 is 0 Å². The second-order valence-corrected chi connectivity index (χ2v) is 6.68. The van der Waals surface area contributed by atoms with E-state index in [1.54, 1.807) is 0 Å². The summed E-state index contributed by atoms with van der Waals surface area (Å²) >= 11 is 0. The predicted octanol–water partition coefficient (Wildman–Crippen LogP) is 4.74. The van der Waals surface area contributed by atoms with E-state index in [2.05, 4.69) is 5.11 Å². The Bertz CT molecular complexity index is 428.